The van der Waals surface area contributed by atoms with E-state index in [-0.39, 0.29) is 38.2 Å². The van der Waals surface area contributed by atoms with Crippen LogP contribution < -0.4 is 0 Å². The molecule has 0 rings (SSSR count). The summed E-state index contributed by atoms with van der Waals surface area (Å²) in [5, 5.41) is 9.79. The van der Waals surface area contributed by atoms with Crippen LogP contribution in [0.3, 0.4) is 0 Å². The highest BCUT2D eigenvalue weighted by atomic mass is 16.7. The third-order valence-electron chi connectivity index (χ3n) is 21.6. The van der Waals surface area contributed by atoms with Gasteiger partial charge in [-0.3, -0.25) is 9.59 Å². The zero-order valence-corrected chi connectivity index (χ0v) is 68.7. The molecule has 1 N–H and O–H groups in total. The second-order valence-electron chi connectivity index (χ2n) is 33.0. The van der Waals surface area contributed by atoms with E-state index in [0.717, 1.165) is 38.5 Å². The minimum atomic E-state index is -1.51. The molecule has 0 amide bonds. The van der Waals surface area contributed by atoms with Gasteiger partial charge in [0, 0.05) is 12.8 Å². The van der Waals surface area contributed by atoms with E-state index in [0.29, 0.717) is 17.4 Å². The number of quaternary nitrogens is 1. The zero-order chi connectivity index (χ0) is 72.5. The first kappa shape index (κ1) is 98.3. The summed E-state index contributed by atoms with van der Waals surface area (Å²) in [4.78, 5) is 37.8. The Kier molecular flexibility index (Phi) is 81.5. The zero-order valence-electron chi connectivity index (χ0n) is 68.7. The SMILES string of the molecule is CCCCCCCCCCCCCCCCCCCCCCCCCCCCCCCCCCCCCCCCCCCC(=O)OC(COC(=O)CCCCCCCCCCCCCCCCCCCCCCCCCCCCCCCCCCCC)COC(OCC[N+](C)(C)C)C(=O)O. The number of carboxylic acid groups (broad SMARTS) is 1. The van der Waals surface area contributed by atoms with Crippen molar-refractivity contribution in [1.82, 2.24) is 0 Å². The fraction of sp³-hybridized carbons (Fsp3) is 0.967. The van der Waals surface area contributed by atoms with Crippen LogP contribution in [-0.2, 0) is 33.3 Å². The van der Waals surface area contributed by atoms with E-state index in [4.69, 9.17) is 18.9 Å². The lowest BCUT2D eigenvalue weighted by Crippen LogP contribution is -2.40. The largest absolute Gasteiger partial charge is 0.477 e. The predicted octanol–water partition coefficient (Wildman–Crippen LogP) is 29.7. The van der Waals surface area contributed by atoms with Gasteiger partial charge >= 0.3 is 17.9 Å². The quantitative estimate of drug-likeness (QED) is 0.0278. The molecule has 0 aliphatic carbocycles. The normalized spacial score (nSPS) is 12.4. The Balaban J connectivity index is 3.86. The Labute approximate surface area is 625 Å². The van der Waals surface area contributed by atoms with E-state index in [2.05, 4.69) is 13.8 Å². The maximum Gasteiger partial charge on any atom is 0.361 e. The van der Waals surface area contributed by atoms with E-state index in [9.17, 15) is 19.5 Å². The summed E-state index contributed by atoms with van der Waals surface area (Å²) in [6.07, 6.45) is 102. The summed E-state index contributed by atoms with van der Waals surface area (Å²) in [5.74, 6) is -1.96. The van der Waals surface area contributed by atoms with E-state index in [1.54, 1.807) is 0 Å². The number of nitrogens with zero attached hydrogens (tertiary/aromatic N) is 1. The summed E-state index contributed by atoms with van der Waals surface area (Å²) in [6.45, 7) is 5.00. The number of hydrogen-bond donors (Lipinski definition) is 1. The molecule has 100 heavy (non-hydrogen) atoms. The molecule has 0 aromatic carbocycles. The van der Waals surface area contributed by atoms with Crippen molar-refractivity contribution in [3.8, 4) is 0 Å². The van der Waals surface area contributed by atoms with Gasteiger partial charge in [-0.2, -0.15) is 0 Å². The van der Waals surface area contributed by atoms with Crippen LogP contribution in [0.4, 0.5) is 0 Å². The number of likely N-dealkylation sites (N-methyl/N-ethyl adjacent to an activating group) is 1. The van der Waals surface area contributed by atoms with Crippen molar-refractivity contribution < 1.29 is 42.9 Å². The van der Waals surface area contributed by atoms with Crippen LogP contribution in [0.25, 0.3) is 0 Å². The lowest BCUT2D eigenvalue weighted by atomic mass is 10.0. The molecule has 0 aromatic heterocycles. The van der Waals surface area contributed by atoms with Crippen LogP contribution in [0.2, 0.25) is 0 Å². The Morgan fingerprint density at radius 2 is 0.450 bits per heavy atom. The standard InChI is InChI=1S/C91H179NO8/c1-6-8-10-12-14-16-18-20-22-24-26-28-30-32-34-36-38-40-42-43-44-45-46-47-48-50-52-54-56-58-60-62-64-66-68-70-72-74-76-78-80-82-89(94)100-87(86-99-91(90(95)96)97-84-83-92(3,4)5)85-98-88(93)81-79-77-75-73-71-69-67-65-63-61-59-57-55-53-51-49-41-39-37-35-33-31-29-27-25-23-21-19-17-15-13-11-9-7-2/h87,91H,6-86H2,1-5H3/p+1. The number of aliphatic carboxylic acids is 1. The molecule has 0 bridgehead atoms. The lowest BCUT2D eigenvalue weighted by Gasteiger charge is -2.25. The fourth-order valence-corrected chi connectivity index (χ4v) is 14.7. The van der Waals surface area contributed by atoms with E-state index >= 15 is 0 Å². The first-order valence-corrected chi connectivity index (χ1v) is 45.7. The molecule has 2 unspecified atom stereocenters. The second kappa shape index (κ2) is 82.9. The van der Waals surface area contributed by atoms with Crippen molar-refractivity contribution in [1.29, 1.82) is 0 Å². The Hall–Kier alpha value is -1.71. The molecule has 0 spiro atoms. The number of carbonyl (C=O) groups excluding carboxylic acids is 2. The third-order valence-corrected chi connectivity index (χ3v) is 21.6. The van der Waals surface area contributed by atoms with Gasteiger partial charge in [-0.25, -0.2) is 4.79 Å². The summed E-state index contributed by atoms with van der Waals surface area (Å²) < 4.78 is 23.1. The monoisotopic (exact) mass is 1420 g/mol. The van der Waals surface area contributed by atoms with Crippen LogP contribution in [0.5, 0.6) is 0 Å². The van der Waals surface area contributed by atoms with Gasteiger partial charge in [0.15, 0.2) is 6.10 Å². The minimum absolute atomic E-state index is 0.171. The van der Waals surface area contributed by atoms with Crippen molar-refractivity contribution in [3.05, 3.63) is 0 Å². The summed E-state index contributed by atoms with van der Waals surface area (Å²) >= 11 is 0. The van der Waals surface area contributed by atoms with Gasteiger partial charge < -0.3 is 28.5 Å². The summed E-state index contributed by atoms with van der Waals surface area (Å²) in [6, 6.07) is 0. The smallest absolute Gasteiger partial charge is 0.361 e. The van der Waals surface area contributed by atoms with Crippen molar-refractivity contribution >= 4 is 17.9 Å². The van der Waals surface area contributed by atoms with Crippen LogP contribution >= 0.6 is 0 Å². The molecular weight excluding hydrogens is 1230 g/mol. The average molecular weight is 1420 g/mol. The number of carboxylic acids is 1. The number of carbonyl (C=O) groups is 3. The summed E-state index contributed by atoms with van der Waals surface area (Å²) in [7, 11) is 6.01. The van der Waals surface area contributed by atoms with Gasteiger partial charge in [0.2, 0.25) is 0 Å². The number of rotatable bonds is 88. The highest BCUT2D eigenvalue weighted by Crippen LogP contribution is 2.22. The van der Waals surface area contributed by atoms with E-state index < -0.39 is 18.4 Å². The number of unbranched alkanes of at least 4 members (excludes halogenated alkanes) is 73. The summed E-state index contributed by atoms with van der Waals surface area (Å²) in [5.41, 5.74) is 0. The number of hydrogen-bond acceptors (Lipinski definition) is 7. The van der Waals surface area contributed by atoms with Crippen molar-refractivity contribution in [2.45, 2.75) is 521 Å². The predicted molar refractivity (Wildman–Crippen MR) is 434 cm³/mol. The Bertz CT molecular complexity index is 1600. The van der Waals surface area contributed by atoms with Gasteiger partial charge in [0.1, 0.15) is 13.2 Å². The highest BCUT2D eigenvalue weighted by Gasteiger charge is 2.25. The molecule has 0 aliphatic heterocycles. The number of ether oxygens (including phenoxy) is 4. The van der Waals surface area contributed by atoms with Crippen LogP contribution in [0.15, 0.2) is 0 Å². The first-order valence-electron chi connectivity index (χ1n) is 45.7. The van der Waals surface area contributed by atoms with Crippen molar-refractivity contribution in [2.75, 3.05) is 47.5 Å². The topological polar surface area (TPSA) is 108 Å². The Morgan fingerprint density at radius 1 is 0.260 bits per heavy atom. The molecule has 0 saturated heterocycles. The molecule has 0 saturated carbocycles. The molecule has 0 heterocycles. The molecule has 596 valence electrons. The average Bonchev–Trinajstić information content (AvgIpc) is 1.08. The van der Waals surface area contributed by atoms with Crippen molar-refractivity contribution in [3.63, 3.8) is 0 Å². The lowest BCUT2D eigenvalue weighted by molar-refractivity contribution is -0.870. The molecule has 9 nitrogen and oxygen atoms in total. The Morgan fingerprint density at radius 3 is 0.640 bits per heavy atom. The molecule has 0 fully saturated rings. The van der Waals surface area contributed by atoms with Gasteiger partial charge in [-0.15, -0.1) is 0 Å². The molecule has 9 heteroatoms. The van der Waals surface area contributed by atoms with Gasteiger partial charge in [-0.05, 0) is 12.8 Å². The number of esters is 2. The van der Waals surface area contributed by atoms with E-state index in [1.807, 2.05) is 21.1 Å². The maximum atomic E-state index is 13.0. The fourth-order valence-electron chi connectivity index (χ4n) is 14.7. The van der Waals surface area contributed by atoms with Gasteiger partial charge in [0.05, 0.1) is 34.4 Å². The molecule has 0 aromatic rings. The second-order valence-corrected chi connectivity index (χ2v) is 33.0. The van der Waals surface area contributed by atoms with Crippen molar-refractivity contribution in [2.24, 2.45) is 0 Å². The van der Waals surface area contributed by atoms with Crippen LogP contribution in [0, 0.1) is 0 Å². The maximum absolute atomic E-state index is 13.0. The first-order chi connectivity index (χ1) is 49.1. The van der Waals surface area contributed by atoms with Gasteiger partial charge in [0.25, 0.3) is 6.29 Å². The molecule has 0 aliphatic rings. The molecule has 0 radical (unpaired) electrons. The van der Waals surface area contributed by atoms with Crippen LogP contribution in [-0.4, -0.2) is 87.4 Å². The molecular formula is C91H180NO8+. The van der Waals surface area contributed by atoms with Gasteiger partial charge in [-0.1, -0.05) is 483 Å². The third kappa shape index (κ3) is 83.6. The molecule has 2 atom stereocenters. The van der Waals surface area contributed by atoms with Crippen LogP contribution in [0.1, 0.15) is 508 Å². The van der Waals surface area contributed by atoms with E-state index in [1.165, 1.54) is 443 Å². The minimum Gasteiger partial charge on any atom is -0.477 e. The highest BCUT2D eigenvalue weighted by molar-refractivity contribution is 5.71.